The molecule has 0 atom stereocenters. The first-order valence-corrected chi connectivity index (χ1v) is 4.77. The van der Waals surface area contributed by atoms with E-state index < -0.39 is 42.2 Å². The first-order chi connectivity index (χ1) is 8.81. The molecule has 0 nitrogen and oxygen atoms in total. The van der Waals surface area contributed by atoms with Gasteiger partial charge in [-0.1, -0.05) is 6.92 Å². The summed E-state index contributed by atoms with van der Waals surface area (Å²) < 4.78 is 161. The highest BCUT2D eigenvalue weighted by molar-refractivity contribution is 5.09. The van der Waals surface area contributed by atoms with E-state index in [9.17, 15) is 57.1 Å². The van der Waals surface area contributed by atoms with Crippen molar-refractivity contribution in [2.45, 2.75) is 49.1 Å². The molecule has 0 bridgehead atoms. The topological polar surface area (TPSA) is 0 Å². The Morgan fingerprint density at radius 1 is 0.500 bits per heavy atom. The van der Waals surface area contributed by atoms with Crippen LogP contribution in [0.3, 0.4) is 0 Å². The number of hydrogen-bond donors (Lipinski definition) is 0. The number of hydrogen-bond acceptors (Lipinski definition) is 0. The largest absolute Gasteiger partial charge is 1.00 e. The second-order valence-electron chi connectivity index (χ2n) is 3.85. The van der Waals surface area contributed by atoms with E-state index in [1.807, 2.05) is 0 Å². The third kappa shape index (κ3) is 3.07. The summed E-state index contributed by atoms with van der Waals surface area (Å²) in [5.41, 5.74) is 0. The van der Waals surface area contributed by atoms with Gasteiger partial charge in [0.1, 0.15) is 0 Å². The first-order valence-electron chi connectivity index (χ1n) is 4.77. The van der Waals surface area contributed by atoms with Crippen LogP contribution in [-0.2, 0) is 0 Å². The third-order valence-electron chi connectivity index (χ3n) is 2.44. The maximum Gasteiger partial charge on any atom is 0.460 e. The van der Waals surface area contributed by atoms with E-state index in [0.29, 0.717) is 0 Å². The van der Waals surface area contributed by atoms with Gasteiger partial charge in [0, 0.05) is 6.42 Å². The maximum atomic E-state index is 12.7. The Hall–Kier alpha value is -0.180. The molecule has 0 aromatic carbocycles. The predicted octanol–water partition coefficient (Wildman–Crippen LogP) is 2.14. The van der Waals surface area contributed by atoms with Crippen LogP contribution in [-0.4, -0.2) is 35.8 Å². The van der Waals surface area contributed by atoms with Gasteiger partial charge >= 0.3 is 35.8 Å². The predicted molar refractivity (Wildman–Crippen MR) is 41.1 cm³/mol. The van der Waals surface area contributed by atoms with Gasteiger partial charge in [0.25, 0.3) is 0 Å². The highest BCUT2D eigenvalue weighted by Crippen LogP contribution is 2.60. The summed E-state index contributed by atoms with van der Waals surface area (Å²) in [6, 6.07) is 0. The van der Waals surface area contributed by atoms with Crippen LogP contribution in [0.5, 0.6) is 0 Å². The quantitative estimate of drug-likeness (QED) is 0.423. The van der Waals surface area contributed by atoms with Gasteiger partial charge in [0.2, 0.25) is 0 Å². The summed E-state index contributed by atoms with van der Waals surface area (Å²) >= 11 is 0. The Balaban J connectivity index is 0. The van der Waals surface area contributed by atoms with Crippen molar-refractivity contribution in [1.82, 2.24) is 0 Å². The van der Waals surface area contributed by atoms with Crippen molar-refractivity contribution in [3.63, 3.8) is 0 Å². The van der Waals surface area contributed by atoms with E-state index in [0.717, 1.165) is 0 Å². The Bertz CT molecular complexity index is 382. The molecule has 0 unspecified atom stereocenters. The van der Waals surface area contributed by atoms with Crippen molar-refractivity contribution in [3.05, 3.63) is 0 Å². The molecule has 0 radical (unpaired) electrons. The highest BCUT2D eigenvalue weighted by Gasteiger charge is 2.90. The molecule has 0 aromatic heterocycles. The number of halogens is 14. The molecule has 0 saturated carbocycles. The van der Waals surface area contributed by atoms with Crippen molar-refractivity contribution >= 4 is 0 Å². The van der Waals surface area contributed by atoms with Crippen LogP contribution in [0, 0.1) is 0 Å². The summed E-state index contributed by atoms with van der Waals surface area (Å²) in [5, 5.41) is 0. The van der Waals surface area contributed by atoms with Crippen LogP contribution in [0.15, 0.2) is 0 Å². The minimum Gasteiger partial charge on any atom is -1.00 e. The van der Waals surface area contributed by atoms with Crippen LogP contribution in [0.4, 0.5) is 57.1 Å². The Morgan fingerprint density at radius 2 is 0.773 bits per heavy atom. The molecule has 0 fully saturated rings. The van der Waals surface area contributed by atoms with Crippen LogP contribution >= 0.6 is 0 Å². The summed E-state index contributed by atoms with van der Waals surface area (Å²) in [7, 11) is 0. The second-order valence-corrected chi connectivity index (χ2v) is 3.85. The zero-order valence-corrected chi connectivity index (χ0v) is 12.2. The lowest BCUT2D eigenvalue weighted by Crippen LogP contribution is -3.00. The monoisotopic (exact) mass is 475 g/mol. The molecular weight excluding hydrogens is 470 g/mol. The maximum absolute atomic E-state index is 12.7. The van der Waals surface area contributed by atoms with Crippen molar-refractivity contribution < 1.29 is 81.1 Å². The number of alkyl halides is 13. The van der Waals surface area contributed by atoms with Crippen molar-refractivity contribution in [2.75, 3.05) is 0 Å². The Morgan fingerprint density at radius 3 is 1.00 bits per heavy atom. The van der Waals surface area contributed by atoms with Gasteiger partial charge in [-0.15, -0.1) is 0 Å². The molecule has 0 spiro atoms. The van der Waals surface area contributed by atoms with E-state index in [-0.39, 0.29) is 30.9 Å². The van der Waals surface area contributed by atoms with E-state index in [4.69, 9.17) is 0 Å². The molecule has 0 aliphatic heterocycles. The van der Waals surface area contributed by atoms with Gasteiger partial charge in [-0.3, -0.25) is 0 Å². The lowest BCUT2D eigenvalue weighted by atomic mass is 9.93. The smallest absolute Gasteiger partial charge is 0.460 e. The van der Waals surface area contributed by atoms with Gasteiger partial charge in [0.15, 0.2) is 0 Å². The molecule has 0 aromatic rings. The van der Waals surface area contributed by atoms with Crippen LogP contribution in [0.1, 0.15) is 13.3 Å². The van der Waals surface area contributed by atoms with E-state index in [1.165, 1.54) is 0 Å². The summed E-state index contributed by atoms with van der Waals surface area (Å²) in [6.45, 7) is 0.115. The zero-order chi connectivity index (χ0) is 17.7. The minimum atomic E-state index is -7.81. The molecule has 136 valence electrons. The molecule has 0 aliphatic carbocycles. The standard InChI is InChI=1S/C8H5F13.HI/c1-2-3(9,10)4(11,12)5(13,14)6(15,16)7(17,18)8(19,20)21;/h2H2,1H3;1H/p-1. The molecule has 0 aliphatic rings. The van der Waals surface area contributed by atoms with Crippen molar-refractivity contribution in [3.8, 4) is 0 Å². The molecular formula is C8H5F13I-. The van der Waals surface area contributed by atoms with Crippen LogP contribution in [0.25, 0.3) is 0 Å². The third-order valence-corrected chi connectivity index (χ3v) is 2.44. The lowest BCUT2D eigenvalue weighted by molar-refractivity contribution is -0.439. The Labute approximate surface area is 131 Å². The normalized spacial score (nSPS) is 15.5. The number of rotatable bonds is 5. The fourth-order valence-corrected chi connectivity index (χ4v) is 1.02. The summed E-state index contributed by atoms with van der Waals surface area (Å²) in [5.74, 6) is -36.2. The lowest BCUT2D eigenvalue weighted by Gasteiger charge is -2.39. The van der Waals surface area contributed by atoms with Gasteiger partial charge in [0.05, 0.1) is 0 Å². The zero-order valence-electron chi connectivity index (χ0n) is 10.00. The minimum absolute atomic E-state index is 0. The van der Waals surface area contributed by atoms with Crippen molar-refractivity contribution in [1.29, 1.82) is 0 Å². The van der Waals surface area contributed by atoms with E-state index in [2.05, 4.69) is 0 Å². The first kappa shape index (κ1) is 24.1. The van der Waals surface area contributed by atoms with Gasteiger partial charge in [-0.25, -0.2) is 0 Å². The molecule has 0 rings (SSSR count). The summed E-state index contributed by atoms with van der Waals surface area (Å²) in [4.78, 5) is 0. The second kappa shape index (κ2) is 6.03. The highest BCUT2D eigenvalue weighted by atomic mass is 127. The molecule has 0 heterocycles. The van der Waals surface area contributed by atoms with Gasteiger partial charge in [-0.05, 0) is 0 Å². The molecule has 14 heteroatoms. The van der Waals surface area contributed by atoms with Gasteiger partial charge in [-0.2, -0.15) is 57.1 Å². The van der Waals surface area contributed by atoms with Crippen LogP contribution < -0.4 is 24.0 Å². The van der Waals surface area contributed by atoms with Crippen molar-refractivity contribution in [2.24, 2.45) is 0 Å². The van der Waals surface area contributed by atoms with Gasteiger partial charge < -0.3 is 24.0 Å². The van der Waals surface area contributed by atoms with Crippen LogP contribution in [0.2, 0.25) is 0 Å². The van der Waals surface area contributed by atoms with E-state index >= 15 is 0 Å². The molecule has 0 amide bonds. The fourth-order valence-electron chi connectivity index (χ4n) is 1.02. The SMILES string of the molecule is CCC(F)(F)C(F)(F)C(F)(F)C(F)(F)C(F)(F)C(F)(F)F.[I-]. The fraction of sp³-hybridized carbons (Fsp3) is 1.00. The molecule has 0 saturated heterocycles. The van der Waals surface area contributed by atoms with E-state index in [1.54, 1.807) is 0 Å². The average molecular weight is 475 g/mol. The summed E-state index contributed by atoms with van der Waals surface area (Å²) in [6.07, 6.45) is -9.57. The average Bonchev–Trinajstić information content (AvgIpc) is 2.26. The Kier molecular flexibility index (Phi) is 6.60. The molecule has 22 heavy (non-hydrogen) atoms. The molecule has 0 N–H and O–H groups in total.